The molecule has 0 aliphatic heterocycles. The first-order valence-corrected chi connectivity index (χ1v) is 11.3. The van der Waals surface area contributed by atoms with Gasteiger partial charge in [-0.3, -0.25) is 9.59 Å². The van der Waals surface area contributed by atoms with Gasteiger partial charge in [-0.1, -0.05) is 18.6 Å². The molecule has 6 nitrogen and oxygen atoms in total. The average molecular weight is 451 g/mol. The number of hydrogen-bond acceptors (Lipinski definition) is 6. The normalized spacial score (nSPS) is 11.4. The lowest BCUT2D eigenvalue weighted by atomic mass is 9.97. The molecule has 1 amide bonds. The van der Waals surface area contributed by atoms with Crippen molar-refractivity contribution in [3.8, 4) is 0 Å². The minimum absolute atomic E-state index is 0.0151. The largest absolute Gasteiger partial charge is 0.458 e. The molecule has 1 N–H and O–H groups in total. The van der Waals surface area contributed by atoms with Crippen molar-refractivity contribution in [3.05, 3.63) is 51.7 Å². The zero-order valence-electron chi connectivity index (χ0n) is 18.4. The highest BCUT2D eigenvalue weighted by Crippen LogP contribution is 2.18. The summed E-state index contributed by atoms with van der Waals surface area (Å²) in [7, 11) is 0. The Labute approximate surface area is 187 Å². The van der Waals surface area contributed by atoms with Gasteiger partial charge in [0.05, 0.1) is 17.7 Å². The fraction of sp³-hybridized carbons (Fsp3) is 0.522. The third-order valence-corrected chi connectivity index (χ3v) is 5.26. The second-order valence-corrected chi connectivity index (χ2v) is 9.28. The molecule has 0 saturated carbocycles. The Kier molecular flexibility index (Phi) is 10.1. The Morgan fingerprint density at radius 3 is 2.55 bits per heavy atom. The van der Waals surface area contributed by atoms with Crippen LogP contribution < -0.4 is 5.32 Å². The quantitative estimate of drug-likeness (QED) is 0.383. The molecule has 0 spiro atoms. The number of rotatable bonds is 12. The second kappa shape index (κ2) is 12.5. The van der Waals surface area contributed by atoms with E-state index >= 15 is 0 Å². The minimum atomic E-state index is -0.510. The summed E-state index contributed by atoms with van der Waals surface area (Å²) in [5.74, 6) is -0.679. The van der Waals surface area contributed by atoms with E-state index in [1.807, 2.05) is 26.2 Å². The van der Waals surface area contributed by atoms with Gasteiger partial charge in [-0.15, -0.1) is 11.3 Å². The van der Waals surface area contributed by atoms with Crippen molar-refractivity contribution in [1.82, 2.24) is 10.3 Å². The summed E-state index contributed by atoms with van der Waals surface area (Å²) in [6, 6.07) is 6.01. The highest BCUT2D eigenvalue weighted by atomic mass is 32.1. The number of unbranched alkanes of at least 4 members (excludes halogenated alkanes) is 2. The summed E-state index contributed by atoms with van der Waals surface area (Å²) in [5.41, 5.74) is 1.32. The van der Waals surface area contributed by atoms with Crippen LogP contribution in [-0.2, 0) is 38.7 Å². The SMILES string of the molecule is CC(C)(C)C(=O)OCc1nc(CCCCCNC(=O)COCc2ccc(F)cc2)cs1. The number of carbonyl (C=O) groups is 2. The Bertz CT molecular complexity index is 831. The van der Waals surface area contributed by atoms with Crippen LogP contribution in [0.1, 0.15) is 56.3 Å². The smallest absolute Gasteiger partial charge is 0.311 e. The van der Waals surface area contributed by atoms with Gasteiger partial charge >= 0.3 is 5.97 Å². The molecule has 2 aromatic rings. The van der Waals surface area contributed by atoms with E-state index in [1.165, 1.54) is 23.5 Å². The Hall–Kier alpha value is -2.32. The van der Waals surface area contributed by atoms with Crippen LogP contribution in [0, 0.1) is 11.2 Å². The summed E-state index contributed by atoms with van der Waals surface area (Å²) < 4.78 is 23.5. The van der Waals surface area contributed by atoms with E-state index in [0.717, 1.165) is 41.9 Å². The second-order valence-electron chi connectivity index (χ2n) is 8.34. The van der Waals surface area contributed by atoms with Gasteiger partial charge in [-0.25, -0.2) is 9.37 Å². The van der Waals surface area contributed by atoms with E-state index in [1.54, 1.807) is 12.1 Å². The molecule has 170 valence electrons. The van der Waals surface area contributed by atoms with Gasteiger partial charge in [0.1, 0.15) is 24.0 Å². The molecule has 0 atom stereocenters. The Balaban J connectivity index is 1.50. The van der Waals surface area contributed by atoms with Crippen LogP contribution in [0.3, 0.4) is 0 Å². The average Bonchev–Trinajstić information content (AvgIpc) is 3.17. The number of esters is 1. The van der Waals surface area contributed by atoms with Crippen molar-refractivity contribution in [2.75, 3.05) is 13.2 Å². The number of aromatic nitrogens is 1. The van der Waals surface area contributed by atoms with Crippen molar-refractivity contribution < 1.29 is 23.5 Å². The summed E-state index contributed by atoms with van der Waals surface area (Å²) in [6.45, 7) is 6.56. The van der Waals surface area contributed by atoms with E-state index in [-0.39, 0.29) is 37.5 Å². The van der Waals surface area contributed by atoms with Crippen molar-refractivity contribution in [2.24, 2.45) is 5.41 Å². The lowest BCUT2D eigenvalue weighted by Crippen LogP contribution is -2.28. The van der Waals surface area contributed by atoms with Gasteiger partial charge in [0, 0.05) is 11.9 Å². The molecule has 0 aliphatic carbocycles. The van der Waals surface area contributed by atoms with Crippen LogP contribution in [0.2, 0.25) is 0 Å². The maximum absolute atomic E-state index is 12.8. The molecule has 8 heteroatoms. The summed E-state index contributed by atoms with van der Waals surface area (Å²) in [4.78, 5) is 28.1. The summed E-state index contributed by atoms with van der Waals surface area (Å²) in [6.07, 6.45) is 3.69. The van der Waals surface area contributed by atoms with E-state index < -0.39 is 5.41 Å². The van der Waals surface area contributed by atoms with Crippen LogP contribution in [-0.4, -0.2) is 30.0 Å². The van der Waals surface area contributed by atoms with E-state index in [2.05, 4.69) is 10.3 Å². The number of nitrogens with one attached hydrogen (secondary N) is 1. The van der Waals surface area contributed by atoms with Crippen LogP contribution in [0.25, 0.3) is 0 Å². The van der Waals surface area contributed by atoms with Crippen LogP contribution >= 0.6 is 11.3 Å². The maximum atomic E-state index is 12.8. The topological polar surface area (TPSA) is 77.5 Å². The molecule has 0 fully saturated rings. The standard InChI is InChI=1S/C23H31FN2O4S/c1-23(2,3)22(28)30-15-21-26-19(16-31-21)7-5-4-6-12-25-20(27)14-29-13-17-8-10-18(24)11-9-17/h8-11,16H,4-7,12-15H2,1-3H3,(H,25,27). The molecule has 1 aromatic heterocycles. The predicted molar refractivity (Wildman–Crippen MR) is 118 cm³/mol. The molecule has 0 unspecified atom stereocenters. The van der Waals surface area contributed by atoms with E-state index in [4.69, 9.17) is 9.47 Å². The van der Waals surface area contributed by atoms with Gasteiger partial charge in [0.25, 0.3) is 0 Å². The summed E-state index contributed by atoms with van der Waals surface area (Å²) in [5, 5.41) is 5.64. The molecule has 0 bridgehead atoms. The zero-order valence-corrected chi connectivity index (χ0v) is 19.2. The molecular formula is C23H31FN2O4S. The van der Waals surface area contributed by atoms with Crippen molar-refractivity contribution in [2.45, 2.75) is 59.7 Å². The highest BCUT2D eigenvalue weighted by molar-refractivity contribution is 7.09. The predicted octanol–water partition coefficient (Wildman–Crippen LogP) is 4.42. The van der Waals surface area contributed by atoms with Gasteiger partial charge in [0.15, 0.2) is 0 Å². The first-order valence-electron chi connectivity index (χ1n) is 10.4. The number of carbonyl (C=O) groups excluding carboxylic acids is 2. The maximum Gasteiger partial charge on any atom is 0.311 e. The van der Waals surface area contributed by atoms with Gasteiger partial charge in [0.2, 0.25) is 5.91 Å². The lowest BCUT2D eigenvalue weighted by molar-refractivity contribution is -0.154. The lowest BCUT2D eigenvalue weighted by Gasteiger charge is -2.15. The van der Waals surface area contributed by atoms with Crippen LogP contribution in [0.4, 0.5) is 4.39 Å². The van der Waals surface area contributed by atoms with Gasteiger partial charge < -0.3 is 14.8 Å². The Morgan fingerprint density at radius 2 is 1.84 bits per heavy atom. The van der Waals surface area contributed by atoms with E-state index in [0.29, 0.717) is 6.54 Å². The monoisotopic (exact) mass is 450 g/mol. The van der Waals surface area contributed by atoms with Crippen LogP contribution in [0.5, 0.6) is 0 Å². The fourth-order valence-corrected chi connectivity index (χ4v) is 3.34. The van der Waals surface area contributed by atoms with Crippen molar-refractivity contribution in [1.29, 1.82) is 0 Å². The zero-order chi connectivity index (χ0) is 22.7. The molecule has 0 aliphatic rings. The van der Waals surface area contributed by atoms with Crippen LogP contribution in [0.15, 0.2) is 29.6 Å². The molecule has 31 heavy (non-hydrogen) atoms. The number of thiazole rings is 1. The number of amides is 1. The van der Waals surface area contributed by atoms with Crippen molar-refractivity contribution in [3.63, 3.8) is 0 Å². The first kappa shape index (κ1) is 24.9. The number of halogens is 1. The Morgan fingerprint density at radius 1 is 1.10 bits per heavy atom. The number of hydrogen-bond donors (Lipinski definition) is 1. The first-order chi connectivity index (χ1) is 14.7. The minimum Gasteiger partial charge on any atom is -0.458 e. The number of ether oxygens (including phenoxy) is 2. The summed E-state index contributed by atoms with van der Waals surface area (Å²) >= 11 is 1.50. The number of benzene rings is 1. The third-order valence-electron chi connectivity index (χ3n) is 4.39. The molecule has 0 radical (unpaired) electrons. The van der Waals surface area contributed by atoms with Gasteiger partial charge in [-0.05, 0) is 57.7 Å². The van der Waals surface area contributed by atoms with E-state index in [9.17, 15) is 14.0 Å². The molecular weight excluding hydrogens is 419 g/mol. The molecule has 0 saturated heterocycles. The molecule has 1 aromatic carbocycles. The van der Waals surface area contributed by atoms with Gasteiger partial charge in [-0.2, -0.15) is 0 Å². The van der Waals surface area contributed by atoms with Crippen molar-refractivity contribution >= 4 is 23.2 Å². The highest BCUT2D eigenvalue weighted by Gasteiger charge is 2.23. The number of aryl methyl sites for hydroxylation is 1. The molecule has 2 rings (SSSR count). The number of nitrogens with zero attached hydrogens (tertiary/aromatic N) is 1. The third kappa shape index (κ3) is 10.0. The fourth-order valence-electron chi connectivity index (χ4n) is 2.60. The molecule has 1 heterocycles.